The zero-order chi connectivity index (χ0) is 39.5. The maximum atomic E-state index is 15.7. The van der Waals surface area contributed by atoms with Gasteiger partial charge in [-0.1, -0.05) is 102 Å². The van der Waals surface area contributed by atoms with Crippen molar-refractivity contribution in [3.63, 3.8) is 0 Å². The molecular formula is C43H46N2O9. The first kappa shape index (κ1) is 38.0. The molecule has 0 fully saturated rings. The molecule has 0 unspecified atom stereocenters. The molecule has 1 spiro atoms. The van der Waals surface area contributed by atoms with Gasteiger partial charge in [0.05, 0.1) is 10.6 Å². The number of carbonyl (C=O) groups excluding carboxylic acids is 3. The van der Waals surface area contributed by atoms with Gasteiger partial charge in [-0.3, -0.25) is 14.9 Å². The predicted molar refractivity (Wildman–Crippen MR) is 203 cm³/mol. The fraction of sp³-hybridized carbons (Fsp3) is 0.372. The highest BCUT2D eigenvalue weighted by molar-refractivity contribution is 6.23. The first-order valence-electron chi connectivity index (χ1n) is 17.9. The van der Waals surface area contributed by atoms with E-state index in [2.05, 4.69) is 0 Å². The number of hydrogen-bond acceptors (Lipinski definition) is 9. The molecule has 2 aliphatic heterocycles. The van der Waals surface area contributed by atoms with Crippen LogP contribution in [0.15, 0.2) is 84.9 Å². The van der Waals surface area contributed by atoms with E-state index in [1.165, 1.54) is 18.2 Å². The van der Waals surface area contributed by atoms with Crippen molar-refractivity contribution >= 4 is 29.3 Å². The van der Waals surface area contributed by atoms with E-state index in [0.29, 0.717) is 27.8 Å². The van der Waals surface area contributed by atoms with Crippen LogP contribution in [0.4, 0.5) is 16.2 Å². The van der Waals surface area contributed by atoms with Gasteiger partial charge in [0.25, 0.3) is 11.6 Å². The first-order chi connectivity index (χ1) is 25.2. The third kappa shape index (κ3) is 6.56. The Morgan fingerprint density at radius 3 is 2.04 bits per heavy atom. The Labute approximate surface area is 315 Å². The van der Waals surface area contributed by atoms with Gasteiger partial charge in [-0.25, -0.2) is 14.5 Å². The van der Waals surface area contributed by atoms with Crippen LogP contribution in [-0.2, 0) is 41.9 Å². The van der Waals surface area contributed by atoms with Gasteiger partial charge in [-0.15, -0.1) is 0 Å². The Morgan fingerprint density at radius 2 is 1.46 bits per heavy atom. The standard InChI is InChI=1S/C43H46N2O9/c1-40(2,3)30-21-26(22-31(35(30)46)41(4,5)6)34-28-17-13-14-18-33(28)53-36(37(47)52-24-25-15-11-10-12-16-25)43(34)29-23-27(45(50)51)19-20-32(29)44(38(43)48)39(49)54-42(7,8)9/h10-23,34,36,46H,24H2,1-9H3/t34-,36-,43+/m1/s1. The molecular weight excluding hydrogens is 688 g/mol. The summed E-state index contributed by atoms with van der Waals surface area (Å²) in [5, 5.41) is 24.2. The van der Waals surface area contributed by atoms with Gasteiger partial charge in [0.15, 0.2) is 0 Å². The summed E-state index contributed by atoms with van der Waals surface area (Å²) >= 11 is 0. The van der Waals surface area contributed by atoms with Gasteiger partial charge < -0.3 is 19.3 Å². The molecule has 6 rings (SSSR count). The normalized spacial score (nSPS) is 19.5. The molecule has 54 heavy (non-hydrogen) atoms. The van der Waals surface area contributed by atoms with Crippen molar-refractivity contribution in [3.05, 3.63) is 128 Å². The van der Waals surface area contributed by atoms with Gasteiger partial charge in [-0.05, 0) is 66.0 Å². The maximum absolute atomic E-state index is 15.7. The summed E-state index contributed by atoms with van der Waals surface area (Å²) in [5.41, 5.74) is -1.83. The molecule has 11 nitrogen and oxygen atoms in total. The molecule has 11 heteroatoms. The smallest absolute Gasteiger partial charge is 0.421 e. The highest BCUT2D eigenvalue weighted by Gasteiger charge is 2.68. The number of imide groups is 1. The lowest BCUT2D eigenvalue weighted by Gasteiger charge is -2.46. The lowest BCUT2D eigenvalue weighted by Crippen LogP contribution is -2.61. The molecule has 1 N–H and O–H groups in total. The Balaban J connectivity index is 1.74. The average molecular weight is 735 g/mol. The van der Waals surface area contributed by atoms with Gasteiger partial charge in [0.2, 0.25) is 6.10 Å². The number of non-ortho nitro benzene ring substituents is 1. The molecule has 4 aromatic carbocycles. The van der Waals surface area contributed by atoms with E-state index in [4.69, 9.17) is 14.2 Å². The summed E-state index contributed by atoms with van der Waals surface area (Å²) < 4.78 is 18.2. The molecule has 2 aliphatic rings. The number of nitro benzene ring substituents is 1. The summed E-state index contributed by atoms with van der Waals surface area (Å²) in [4.78, 5) is 57.2. The van der Waals surface area contributed by atoms with E-state index in [-0.39, 0.29) is 35.0 Å². The molecule has 0 saturated carbocycles. The molecule has 0 aromatic heterocycles. The molecule has 0 saturated heterocycles. The number of anilines is 1. The molecule has 2 amide bonds. The minimum Gasteiger partial charge on any atom is -0.507 e. The number of hydrogen-bond donors (Lipinski definition) is 1. The van der Waals surface area contributed by atoms with Crippen LogP contribution >= 0.6 is 0 Å². The van der Waals surface area contributed by atoms with Crippen molar-refractivity contribution in [1.29, 1.82) is 0 Å². The van der Waals surface area contributed by atoms with E-state index in [1.807, 2.05) is 59.7 Å². The van der Waals surface area contributed by atoms with Crippen molar-refractivity contribution in [2.45, 2.75) is 103 Å². The fourth-order valence-electron chi connectivity index (χ4n) is 7.49. The van der Waals surface area contributed by atoms with Crippen molar-refractivity contribution in [1.82, 2.24) is 0 Å². The molecule has 0 bridgehead atoms. The monoisotopic (exact) mass is 734 g/mol. The second-order valence-corrected chi connectivity index (χ2v) is 17.0. The number of rotatable bonds is 5. The van der Waals surface area contributed by atoms with Crippen LogP contribution < -0.4 is 9.64 Å². The third-order valence-electron chi connectivity index (χ3n) is 9.87. The summed E-state index contributed by atoms with van der Waals surface area (Å²) in [6, 6.07) is 23.3. The number of phenolic OH excluding ortho intramolecular Hbond substituents is 1. The molecule has 4 aromatic rings. The number of aromatic hydroxyl groups is 1. The lowest BCUT2D eigenvalue weighted by molar-refractivity contribution is -0.384. The van der Waals surface area contributed by atoms with Crippen molar-refractivity contribution < 1.29 is 38.6 Å². The Bertz CT molecular complexity index is 2120. The van der Waals surface area contributed by atoms with Crippen LogP contribution in [0.5, 0.6) is 11.5 Å². The van der Waals surface area contributed by atoms with E-state index in [9.17, 15) is 24.8 Å². The second kappa shape index (κ2) is 13.3. The quantitative estimate of drug-likeness (QED) is 0.121. The number of amides is 2. The Morgan fingerprint density at radius 1 is 0.870 bits per heavy atom. The Hall–Kier alpha value is -5.71. The van der Waals surface area contributed by atoms with Crippen molar-refractivity contribution in [3.8, 4) is 11.5 Å². The minimum atomic E-state index is -2.15. The number of carbonyl (C=O) groups is 3. The number of fused-ring (bicyclic) bond motifs is 3. The summed E-state index contributed by atoms with van der Waals surface area (Å²) in [6.45, 7) is 16.6. The van der Waals surface area contributed by atoms with Crippen molar-refractivity contribution in [2.24, 2.45) is 0 Å². The fourth-order valence-corrected chi connectivity index (χ4v) is 7.49. The largest absolute Gasteiger partial charge is 0.507 e. The molecule has 2 heterocycles. The summed E-state index contributed by atoms with van der Waals surface area (Å²) in [7, 11) is 0. The number of para-hydroxylation sites is 1. The highest BCUT2D eigenvalue weighted by Crippen LogP contribution is 2.60. The molecule has 282 valence electrons. The number of benzene rings is 4. The Kier molecular flexibility index (Phi) is 9.37. The van der Waals surface area contributed by atoms with E-state index < -0.39 is 56.8 Å². The third-order valence-corrected chi connectivity index (χ3v) is 9.87. The zero-order valence-electron chi connectivity index (χ0n) is 32.1. The van der Waals surface area contributed by atoms with Crippen molar-refractivity contribution in [2.75, 3.05) is 4.90 Å². The van der Waals surface area contributed by atoms with Gasteiger partial charge >= 0.3 is 12.1 Å². The predicted octanol–water partition coefficient (Wildman–Crippen LogP) is 8.75. The van der Waals surface area contributed by atoms with Crippen LogP contribution in [0.3, 0.4) is 0 Å². The average Bonchev–Trinajstić information content (AvgIpc) is 3.33. The number of esters is 1. The second-order valence-electron chi connectivity index (χ2n) is 17.0. The van der Waals surface area contributed by atoms with Gasteiger partial charge in [0.1, 0.15) is 29.1 Å². The van der Waals surface area contributed by atoms with Crippen LogP contribution in [0, 0.1) is 10.1 Å². The topological polar surface area (TPSA) is 146 Å². The van der Waals surface area contributed by atoms with Crippen LogP contribution in [0.2, 0.25) is 0 Å². The SMILES string of the molecule is CC(C)(C)OC(=O)N1C(=O)[C@@]2(c3cc([N+](=O)[O-])ccc31)[C@H](c1cc(C(C)(C)C)c(O)c(C(C)(C)C)c1)c1ccccc1O[C@@H]2C(=O)OCc1ccccc1. The lowest BCUT2D eigenvalue weighted by atomic mass is 9.60. The van der Waals surface area contributed by atoms with E-state index in [1.54, 1.807) is 69.3 Å². The molecule has 0 radical (unpaired) electrons. The van der Waals surface area contributed by atoms with Crippen LogP contribution in [0.25, 0.3) is 0 Å². The number of ether oxygens (including phenoxy) is 3. The van der Waals surface area contributed by atoms with Gasteiger partial charge in [-0.2, -0.15) is 0 Å². The number of nitrogens with zero attached hydrogens (tertiary/aromatic N) is 2. The van der Waals surface area contributed by atoms with Crippen LogP contribution in [0.1, 0.15) is 102 Å². The number of nitro groups is 1. The molecule has 3 atom stereocenters. The molecule has 0 aliphatic carbocycles. The maximum Gasteiger partial charge on any atom is 0.421 e. The van der Waals surface area contributed by atoms with E-state index in [0.717, 1.165) is 4.90 Å². The number of phenols is 1. The highest BCUT2D eigenvalue weighted by atomic mass is 16.6. The first-order valence-corrected chi connectivity index (χ1v) is 17.9. The minimum absolute atomic E-state index is 0.0135. The van der Waals surface area contributed by atoms with E-state index >= 15 is 4.79 Å². The summed E-state index contributed by atoms with van der Waals surface area (Å²) in [5.74, 6) is -2.51. The zero-order valence-corrected chi connectivity index (χ0v) is 32.1. The van der Waals surface area contributed by atoms with Gasteiger partial charge in [0, 0.05) is 29.2 Å². The van der Waals surface area contributed by atoms with Crippen LogP contribution in [-0.4, -0.2) is 39.7 Å². The summed E-state index contributed by atoms with van der Waals surface area (Å²) in [6.07, 6.45) is -2.77.